The Bertz CT molecular complexity index is 1740. The van der Waals surface area contributed by atoms with Crippen LogP contribution in [0, 0.1) is 5.41 Å². The number of halogens is 3. The van der Waals surface area contributed by atoms with Crippen LogP contribution in [0.3, 0.4) is 0 Å². The molecular formula is C34H42Cl3N5O4S. The van der Waals surface area contributed by atoms with Crippen molar-refractivity contribution >= 4 is 56.6 Å². The zero-order valence-electron chi connectivity index (χ0n) is 27.0. The molecule has 3 N–H and O–H groups in total. The molecule has 2 aliphatic heterocycles. The molecule has 2 fully saturated rings. The third-order valence-corrected chi connectivity index (χ3v) is 11.2. The number of rotatable bonds is 10. The van der Waals surface area contributed by atoms with Gasteiger partial charge in [0.05, 0.1) is 11.9 Å². The third-order valence-electron chi connectivity index (χ3n) is 9.64. The summed E-state index contributed by atoms with van der Waals surface area (Å²) in [6.45, 7) is 7.37. The summed E-state index contributed by atoms with van der Waals surface area (Å²) in [5.74, 6) is -0.527. The average Bonchev–Trinajstić information content (AvgIpc) is 3.37. The Balaban J connectivity index is 1.53. The lowest BCUT2D eigenvalue weighted by atomic mass is 9.78. The molecule has 3 aromatic rings. The highest BCUT2D eigenvalue weighted by atomic mass is 35.5. The number of amides is 2. The predicted octanol–water partition coefficient (Wildman–Crippen LogP) is 6.30. The Morgan fingerprint density at radius 1 is 0.872 bits per heavy atom. The molecule has 0 unspecified atom stereocenters. The van der Waals surface area contributed by atoms with Gasteiger partial charge in [0.25, 0.3) is 5.91 Å². The van der Waals surface area contributed by atoms with Crippen molar-refractivity contribution in [1.29, 1.82) is 0 Å². The van der Waals surface area contributed by atoms with Crippen LogP contribution in [0.1, 0.15) is 56.4 Å². The summed E-state index contributed by atoms with van der Waals surface area (Å²) in [5.41, 5.74) is 8.92. The SMILES string of the molecule is CC1(C)CCN(C2(C(N)=O)CCN(C(=O)c3cc(-c4ccc(Cl)cc4Cl)c(-c4ccc(Cl)cc4)n3CCCNS(C)(=O)=O)CC2)CC1. The maximum atomic E-state index is 14.5. The number of hydrogen-bond donors (Lipinski definition) is 2. The molecule has 0 spiro atoms. The number of nitrogens with one attached hydrogen (secondary N) is 1. The molecule has 0 bridgehead atoms. The summed E-state index contributed by atoms with van der Waals surface area (Å²) < 4.78 is 28.1. The van der Waals surface area contributed by atoms with E-state index in [9.17, 15) is 18.0 Å². The van der Waals surface area contributed by atoms with Crippen LogP contribution in [-0.2, 0) is 21.4 Å². The second-order valence-electron chi connectivity index (χ2n) is 13.4. The summed E-state index contributed by atoms with van der Waals surface area (Å²) >= 11 is 19.2. The minimum atomic E-state index is -3.39. The van der Waals surface area contributed by atoms with Crippen molar-refractivity contribution in [3.63, 3.8) is 0 Å². The first-order valence-electron chi connectivity index (χ1n) is 15.8. The number of carbonyl (C=O) groups excluding carboxylic acids is 2. The summed E-state index contributed by atoms with van der Waals surface area (Å²) in [6.07, 6.45) is 4.41. The van der Waals surface area contributed by atoms with Crippen LogP contribution >= 0.6 is 34.8 Å². The lowest BCUT2D eigenvalue weighted by Crippen LogP contribution is -2.64. The lowest BCUT2D eigenvalue weighted by molar-refractivity contribution is -0.135. The Labute approximate surface area is 292 Å². The standard InChI is InChI=1S/C34H42Cl3N5O4S/c1-33(2)11-19-41(20-12-33)34(32(38)44)13-17-40(18-14-34)31(43)29-22-27(26-10-9-25(36)21-28(26)37)30(23-5-7-24(35)8-6-23)42(29)16-4-15-39-47(3,45)46/h5-10,21-22,39H,4,11-20H2,1-3H3,(H2,38,44). The van der Waals surface area contributed by atoms with Gasteiger partial charge in [-0.15, -0.1) is 0 Å². The van der Waals surface area contributed by atoms with E-state index in [0.717, 1.165) is 49.0 Å². The van der Waals surface area contributed by atoms with E-state index in [-0.39, 0.29) is 23.8 Å². The molecule has 1 aromatic heterocycles. The summed E-state index contributed by atoms with van der Waals surface area (Å²) in [7, 11) is -3.39. The second kappa shape index (κ2) is 14.1. The topological polar surface area (TPSA) is 118 Å². The first kappa shape index (κ1) is 35.7. The Morgan fingerprint density at radius 3 is 2.06 bits per heavy atom. The maximum Gasteiger partial charge on any atom is 0.270 e. The van der Waals surface area contributed by atoms with Crippen molar-refractivity contribution in [1.82, 2.24) is 19.1 Å². The number of nitrogens with zero attached hydrogens (tertiary/aromatic N) is 3. The van der Waals surface area contributed by atoms with Gasteiger partial charge in [-0.2, -0.15) is 0 Å². The molecule has 2 aromatic carbocycles. The predicted molar refractivity (Wildman–Crippen MR) is 189 cm³/mol. The smallest absolute Gasteiger partial charge is 0.270 e. The Morgan fingerprint density at radius 2 is 1.49 bits per heavy atom. The van der Waals surface area contributed by atoms with Crippen LogP contribution in [0.4, 0.5) is 0 Å². The molecule has 13 heteroatoms. The Hall–Kier alpha value is -2.60. The fraction of sp³-hybridized carbons (Fsp3) is 0.471. The van der Waals surface area contributed by atoms with Gasteiger partial charge in [0.2, 0.25) is 15.9 Å². The average molecular weight is 723 g/mol. The van der Waals surface area contributed by atoms with Gasteiger partial charge in [-0.05, 0) is 86.5 Å². The largest absolute Gasteiger partial charge is 0.368 e. The Kier molecular flexibility index (Phi) is 10.7. The normalized spacial score (nSPS) is 18.3. The number of primary amides is 1. The van der Waals surface area contributed by atoms with E-state index in [2.05, 4.69) is 23.5 Å². The minimum absolute atomic E-state index is 0.189. The molecular weight excluding hydrogens is 681 g/mol. The zero-order chi connectivity index (χ0) is 34.1. The van der Waals surface area contributed by atoms with Crippen molar-refractivity contribution in [3.05, 3.63) is 69.3 Å². The van der Waals surface area contributed by atoms with Crippen molar-refractivity contribution in [2.24, 2.45) is 11.1 Å². The molecule has 9 nitrogen and oxygen atoms in total. The van der Waals surface area contributed by atoms with E-state index in [1.165, 1.54) is 0 Å². The first-order chi connectivity index (χ1) is 22.1. The van der Waals surface area contributed by atoms with Crippen LogP contribution in [0.25, 0.3) is 22.4 Å². The molecule has 0 radical (unpaired) electrons. The molecule has 2 saturated heterocycles. The summed E-state index contributed by atoms with van der Waals surface area (Å²) in [5, 5.41) is 1.48. The minimum Gasteiger partial charge on any atom is -0.368 e. The van der Waals surface area contributed by atoms with Crippen LogP contribution in [-0.4, -0.2) is 79.1 Å². The number of piperidine rings is 2. The molecule has 47 heavy (non-hydrogen) atoms. The quantitative estimate of drug-likeness (QED) is 0.238. The van der Waals surface area contributed by atoms with Gasteiger partial charge in [-0.3, -0.25) is 14.5 Å². The molecule has 3 heterocycles. The molecule has 2 amide bonds. The van der Waals surface area contributed by atoms with E-state index >= 15 is 0 Å². The van der Waals surface area contributed by atoms with Crippen LogP contribution in [0.5, 0.6) is 0 Å². The van der Waals surface area contributed by atoms with Crippen LogP contribution in [0.15, 0.2) is 48.5 Å². The zero-order valence-corrected chi connectivity index (χ0v) is 30.1. The van der Waals surface area contributed by atoms with Crippen LogP contribution in [0.2, 0.25) is 15.1 Å². The molecule has 0 saturated carbocycles. The number of carbonyl (C=O) groups is 2. The highest BCUT2D eigenvalue weighted by Crippen LogP contribution is 2.41. The second-order valence-corrected chi connectivity index (χ2v) is 16.5. The molecule has 0 atom stereocenters. The first-order valence-corrected chi connectivity index (χ1v) is 18.9. The molecule has 0 aliphatic carbocycles. The van der Waals surface area contributed by atoms with Crippen molar-refractivity contribution < 1.29 is 18.0 Å². The number of aromatic nitrogens is 1. The number of benzene rings is 2. The number of nitrogens with two attached hydrogens (primary N) is 1. The number of likely N-dealkylation sites (tertiary alicyclic amines) is 2. The van der Waals surface area contributed by atoms with Gasteiger partial charge < -0.3 is 15.2 Å². The number of sulfonamides is 1. The highest BCUT2D eigenvalue weighted by Gasteiger charge is 2.47. The van der Waals surface area contributed by atoms with E-state index in [1.807, 2.05) is 28.8 Å². The molecule has 2 aliphatic rings. The summed E-state index contributed by atoms with van der Waals surface area (Å²) in [4.78, 5) is 31.5. The van der Waals surface area contributed by atoms with Gasteiger partial charge in [-0.1, -0.05) is 66.8 Å². The fourth-order valence-electron chi connectivity index (χ4n) is 6.79. The van der Waals surface area contributed by atoms with Gasteiger partial charge in [0.15, 0.2) is 0 Å². The molecule has 254 valence electrons. The lowest BCUT2D eigenvalue weighted by Gasteiger charge is -2.50. The van der Waals surface area contributed by atoms with E-state index in [4.69, 9.17) is 40.5 Å². The van der Waals surface area contributed by atoms with E-state index in [0.29, 0.717) is 65.2 Å². The molecule has 5 rings (SSSR count). The fourth-order valence-corrected chi connectivity index (χ4v) is 7.94. The number of hydrogen-bond acceptors (Lipinski definition) is 5. The highest BCUT2D eigenvalue weighted by molar-refractivity contribution is 7.88. The summed E-state index contributed by atoms with van der Waals surface area (Å²) in [6, 6.07) is 14.4. The van der Waals surface area contributed by atoms with E-state index < -0.39 is 15.6 Å². The maximum absolute atomic E-state index is 14.5. The van der Waals surface area contributed by atoms with E-state index in [1.54, 1.807) is 29.2 Å². The van der Waals surface area contributed by atoms with Gasteiger partial charge in [0, 0.05) is 52.4 Å². The third kappa shape index (κ3) is 8.00. The van der Waals surface area contributed by atoms with Gasteiger partial charge >= 0.3 is 0 Å². The monoisotopic (exact) mass is 721 g/mol. The van der Waals surface area contributed by atoms with Crippen molar-refractivity contribution in [2.45, 2.75) is 58.0 Å². The van der Waals surface area contributed by atoms with Crippen LogP contribution < -0.4 is 10.5 Å². The van der Waals surface area contributed by atoms with Gasteiger partial charge in [-0.25, -0.2) is 13.1 Å². The van der Waals surface area contributed by atoms with Gasteiger partial charge in [0.1, 0.15) is 11.2 Å². The van der Waals surface area contributed by atoms with Crippen molar-refractivity contribution in [3.8, 4) is 22.4 Å². The van der Waals surface area contributed by atoms with Crippen molar-refractivity contribution in [2.75, 3.05) is 39.0 Å².